The Balaban J connectivity index is 1.53. The number of carbonyl (C=O) groups is 1. The van der Waals surface area contributed by atoms with Crippen LogP contribution in [0.15, 0.2) is 59.5 Å². The third kappa shape index (κ3) is 4.58. The zero-order valence-corrected chi connectivity index (χ0v) is 17.0. The quantitative estimate of drug-likeness (QED) is 0.651. The summed E-state index contributed by atoms with van der Waals surface area (Å²) in [7, 11) is 1.83. The number of β-amino-alcohol motifs (C(OH)–C–C–N with tert-alkyl or cyclic N) is 1. The number of hydrogen-bond acceptors (Lipinski definition) is 5. The van der Waals surface area contributed by atoms with Crippen LogP contribution >= 0.6 is 0 Å². The molecule has 1 saturated heterocycles. The zero-order valence-electron chi connectivity index (χ0n) is 17.0. The molecular weight excluding hydrogens is 380 g/mol. The average Bonchev–Trinajstić information content (AvgIpc) is 3.16. The minimum atomic E-state index is -0.296. The predicted octanol–water partition coefficient (Wildman–Crippen LogP) is 1.73. The maximum Gasteiger partial charge on any atom is 0.266 e. The highest BCUT2D eigenvalue weighted by atomic mass is 16.3. The normalized spacial score (nSPS) is 17.9. The molecule has 30 heavy (non-hydrogen) atoms. The number of aromatic amines is 1. The van der Waals surface area contributed by atoms with Gasteiger partial charge < -0.3 is 15.0 Å². The fourth-order valence-electron chi connectivity index (χ4n) is 4.02. The average molecular weight is 406 g/mol. The van der Waals surface area contributed by atoms with Crippen molar-refractivity contribution >= 4 is 16.9 Å². The van der Waals surface area contributed by atoms with Crippen LogP contribution in [0, 0.1) is 0 Å². The number of rotatable bonds is 6. The summed E-state index contributed by atoms with van der Waals surface area (Å²) in [5.74, 6) is -0.00538. The second-order valence-electron chi connectivity index (χ2n) is 7.91. The maximum absolute atomic E-state index is 13.1. The van der Waals surface area contributed by atoms with Crippen LogP contribution in [0.4, 0.5) is 0 Å². The van der Waals surface area contributed by atoms with Crippen LogP contribution in [0.2, 0.25) is 0 Å². The summed E-state index contributed by atoms with van der Waals surface area (Å²) in [6.07, 6.45) is 1.95. The van der Waals surface area contributed by atoms with Gasteiger partial charge in [-0.1, -0.05) is 36.4 Å². The summed E-state index contributed by atoms with van der Waals surface area (Å²) >= 11 is 0. The number of carbonyl (C=O) groups excluding carboxylic acids is 1. The van der Waals surface area contributed by atoms with Crippen LogP contribution in [0.3, 0.4) is 0 Å². The summed E-state index contributed by atoms with van der Waals surface area (Å²) in [5, 5.41) is 9.88. The molecule has 156 valence electrons. The molecule has 1 fully saturated rings. The van der Waals surface area contributed by atoms with Crippen molar-refractivity contribution in [1.29, 1.82) is 0 Å². The summed E-state index contributed by atoms with van der Waals surface area (Å²) in [5.41, 5.74) is 2.95. The van der Waals surface area contributed by atoms with Crippen molar-refractivity contribution in [3.8, 4) is 0 Å². The lowest BCUT2D eigenvalue weighted by Gasteiger charge is -2.32. The molecule has 2 aromatic carbocycles. The third-order valence-corrected chi connectivity index (χ3v) is 5.72. The summed E-state index contributed by atoms with van der Waals surface area (Å²) in [6, 6.07) is 15.4. The van der Waals surface area contributed by atoms with Crippen molar-refractivity contribution in [3.63, 3.8) is 0 Å². The molecule has 0 saturated carbocycles. The standard InChI is InChI=1S/C23H26N4O3/c1-26(21(17-5-3-2-4-6-17)15-27-10-9-18(28)14-27)23(30)12-16-7-8-19-20(11-16)25-22(29)13-24-19/h2-8,11,13,18,21,28H,9-10,12,14-15H2,1H3,(H,25,29)/t18-,21+/m0/s1. The second-order valence-corrected chi connectivity index (χ2v) is 7.91. The van der Waals surface area contributed by atoms with E-state index in [0.29, 0.717) is 24.1 Å². The van der Waals surface area contributed by atoms with Crippen LogP contribution in [0.25, 0.3) is 11.0 Å². The first-order valence-corrected chi connectivity index (χ1v) is 10.2. The van der Waals surface area contributed by atoms with Gasteiger partial charge in [0.1, 0.15) is 0 Å². The van der Waals surface area contributed by atoms with E-state index in [0.717, 1.165) is 24.1 Å². The van der Waals surface area contributed by atoms with Gasteiger partial charge in [0.15, 0.2) is 0 Å². The Labute approximate surface area is 175 Å². The number of benzene rings is 2. The second kappa shape index (κ2) is 8.77. The number of hydrogen-bond donors (Lipinski definition) is 2. The highest BCUT2D eigenvalue weighted by Crippen LogP contribution is 2.24. The number of fused-ring (bicyclic) bond motifs is 1. The molecule has 2 atom stereocenters. The predicted molar refractivity (Wildman–Crippen MR) is 115 cm³/mol. The number of aliphatic hydroxyl groups excluding tert-OH is 1. The summed E-state index contributed by atoms with van der Waals surface area (Å²) in [6.45, 7) is 2.15. The Morgan fingerprint density at radius 2 is 2.10 bits per heavy atom. The number of H-pyrrole nitrogens is 1. The highest BCUT2D eigenvalue weighted by Gasteiger charge is 2.28. The van der Waals surface area contributed by atoms with Gasteiger partial charge >= 0.3 is 0 Å². The molecule has 0 spiro atoms. The van der Waals surface area contributed by atoms with E-state index in [-0.39, 0.29) is 30.0 Å². The van der Waals surface area contributed by atoms with Crippen molar-refractivity contribution in [3.05, 3.63) is 76.2 Å². The molecular formula is C23H26N4O3. The fourth-order valence-corrected chi connectivity index (χ4v) is 4.02. The van der Waals surface area contributed by atoms with Crippen LogP contribution in [-0.2, 0) is 11.2 Å². The molecule has 0 unspecified atom stereocenters. The van der Waals surface area contributed by atoms with Crippen molar-refractivity contribution < 1.29 is 9.90 Å². The van der Waals surface area contributed by atoms with Gasteiger partial charge in [0, 0.05) is 26.7 Å². The molecule has 0 bridgehead atoms. The topological polar surface area (TPSA) is 89.5 Å². The first kappa shape index (κ1) is 20.3. The molecule has 7 nitrogen and oxygen atoms in total. The largest absolute Gasteiger partial charge is 0.392 e. The molecule has 1 amide bonds. The minimum Gasteiger partial charge on any atom is -0.392 e. The van der Waals surface area contributed by atoms with Gasteiger partial charge in [-0.2, -0.15) is 0 Å². The lowest BCUT2D eigenvalue weighted by Crippen LogP contribution is -2.39. The summed E-state index contributed by atoms with van der Waals surface area (Å²) < 4.78 is 0. The van der Waals surface area contributed by atoms with E-state index in [4.69, 9.17) is 0 Å². The molecule has 2 heterocycles. The number of nitrogens with one attached hydrogen (secondary N) is 1. The van der Waals surface area contributed by atoms with E-state index in [1.807, 2.05) is 55.6 Å². The monoisotopic (exact) mass is 406 g/mol. The molecule has 0 aliphatic carbocycles. The van der Waals surface area contributed by atoms with Crippen molar-refractivity contribution in [2.75, 3.05) is 26.7 Å². The van der Waals surface area contributed by atoms with Gasteiger partial charge in [0.05, 0.1) is 35.8 Å². The van der Waals surface area contributed by atoms with Crippen LogP contribution < -0.4 is 5.56 Å². The number of nitrogens with zero attached hydrogens (tertiary/aromatic N) is 3. The molecule has 1 aromatic heterocycles. The Kier molecular flexibility index (Phi) is 5.92. The molecule has 1 aliphatic rings. The van der Waals surface area contributed by atoms with Crippen LogP contribution in [-0.4, -0.2) is 63.6 Å². The van der Waals surface area contributed by atoms with E-state index in [1.165, 1.54) is 6.20 Å². The van der Waals surface area contributed by atoms with Crippen molar-refractivity contribution in [2.45, 2.75) is 25.0 Å². The minimum absolute atomic E-state index is 0.00538. The molecule has 1 aliphatic heterocycles. The zero-order chi connectivity index (χ0) is 21.1. The molecule has 7 heteroatoms. The number of aromatic nitrogens is 2. The lowest BCUT2D eigenvalue weighted by atomic mass is 10.0. The van der Waals surface area contributed by atoms with E-state index in [1.54, 1.807) is 4.90 Å². The molecule has 4 rings (SSSR count). The maximum atomic E-state index is 13.1. The molecule has 3 aromatic rings. The van der Waals surface area contributed by atoms with Gasteiger partial charge in [-0.05, 0) is 29.7 Å². The number of likely N-dealkylation sites (N-methyl/N-ethyl adjacent to an activating group) is 1. The number of amides is 1. The van der Waals surface area contributed by atoms with Gasteiger partial charge in [0.2, 0.25) is 5.91 Å². The first-order chi connectivity index (χ1) is 14.5. The smallest absolute Gasteiger partial charge is 0.266 e. The van der Waals surface area contributed by atoms with E-state index >= 15 is 0 Å². The summed E-state index contributed by atoms with van der Waals surface area (Å²) in [4.78, 5) is 35.5. The van der Waals surface area contributed by atoms with E-state index in [2.05, 4.69) is 14.9 Å². The Hall–Kier alpha value is -3.03. The number of aliphatic hydroxyl groups is 1. The highest BCUT2D eigenvalue weighted by molar-refractivity contribution is 5.81. The van der Waals surface area contributed by atoms with Crippen LogP contribution in [0.5, 0.6) is 0 Å². The Morgan fingerprint density at radius 3 is 2.83 bits per heavy atom. The third-order valence-electron chi connectivity index (χ3n) is 5.72. The molecule has 2 N–H and O–H groups in total. The van der Waals surface area contributed by atoms with Gasteiger partial charge in [-0.15, -0.1) is 0 Å². The van der Waals surface area contributed by atoms with Crippen molar-refractivity contribution in [2.24, 2.45) is 0 Å². The fraction of sp³-hybridized carbons (Fsp3) is 0.348. The first-order valence-electron chi connectivity index (χ1n) is 10.2. The SMILES string of the molecule is CN(C(=O)Cc1ccc2ncc(=O)[nH]c2c1)[C@H](CN1CC[C@H](O)C1)c1ccccc1. The van der Waals surface area contributed by atoms with E-state index < -0.39 is 0 Å². The molecule has 0 radical (unpaired) electrons. The Bertz CT molecular complexity index is 1080. The van der Waals surface area contributed by atoms with Crippen molar-refractivity contribution in [1.82, 2.24) is 19.8 Å². The van der Waals surface area contributed by atoms with Crippen LogP contribution in [0.1, 0.15) is 23.6 Å². The van der Waals surface area contributed by atoms with Gasteiger partial charge in [-0.3, -0.25) is 14.5 Å². The number of likely N-dealkylation sites (tertiary alicyclic amines) is 1. The lowest BCUT2D eigenvalue weighted by molar-refractivity contribution is -0.131. The van der Waals surface area contributed by atoms with Gasteiger partial charge in [0.25, 0.3) is 5.56 Å². The Morgan fingerprint density at radius 1 is 1.30 bits per heavy atom. The van der Waals surface area contributed by atoms with Gasteiger partial charge in [-0.25, -0.2) is 4.98 Å². The van der Waals surface area contributed by atoms with E-state index in [9.17, 15) is 14.7 Å².